The highest BCUT2D eigenvalue weighted by Gasteiger charge is 2.42. The molecule has 1 aliphatic heterocycles. The molecule has 5 heteroatoms. The molecular formula is C14H26N2O3. The fourth-order valence-corrected chi connectivity index (χ4v) is 3.41. The molecule has 2 N–H and O–H groups in total. The van der Waals surface area contributed by atoms with Gasteiger partial charge in [-0.3, -0.25) is 4.79 Å². The Labute approximate surface area is 115 Å². The van der Waals surface area contributed by atoms with Crippen LogP contribution >= 0.6 is 0 Å². The molecule has 110 valence electrons. The molecule has 1 saturated heterocycles. The average molecular weight is 270 g/mol. The van der Waals surface area contributed by atoms with Gasteiger partial charge in [0.1, 0.15) is 5.54 Å². The molecule has 2 aliphatic rings. The summed E-state index contributed by atoms with van der Waals surface area (Å²) < 4.78 is 5.67. The number of hydrogen-bond donors (Lipinski definition) is 2. The van der Waals surface area contributed by atoms with Crippen LogP contribution in [0.2, 0.25) is 0 Å². The van der Waals surface area contributed by atoms with Crippen LogP contribution in [0.3, 0.4) is 0 Å². The molecular weight excluding hydrogens is 244 g/mol. The molecule has 0 bridgehead atoms. The van der Waals surface area contributed by atoms with Gasteiger partial charge < -0.3 is 20.1 Å². The molecule has 0 spiro atoms. The van der Waals surface area contributed by atoms with Crippen molar-refractivity contribution in [3.63, 3.8) is 0 Å². The van der Waals surface area contributed by atoms with Crippen molar-refractivity contribution in [3.05, 3.63) is 0 Å². The second-order valence-electron chi connectivity index (χ2n) is 5.96. The minimum atomic E-state index is -0.742. The first-order valence-electron chi connectivity index (χ1n) is 7.31. The molecule has 0 radical (unpaired) electrons. The van der Waals surface area contributed by atoms with Gasteiger partial charge in [-0.2, -0.15) is 0 Å². The smallest absolute Gasteiger partial charge is 0.323 e. The summed E-state index contributed by atoms with van der Waals surface area (Å²) in [5.41, 5.74) is -0.742. The summed E-state index contributed by atoms with van der Waals surface area (Å²) in [6.45, 7) is 1.79. The highest BCUT2D eigenvalue weighted by Crippen LogP contribution is 2.31. The lowest BCUT2D eigenvalue weighted by atomic mass is 9.78. The number of carboxylic acids is 1. The number of aliphatic carboxylic acids is 1. The van der Waals surface area contributed by atoms with Gasteiger partial charge in [0.2, 0.25) is 0 Å². The van der Waals surface area contributed by atoms with Crippen LogP contribution < -0.4 is 5.32 Å². The molecule has 1 saturated carbocycles. The van der Waals surface area contributed by atoms with Crippen LogP contribution in [0.25, 0.3) is 0 Å². The van der Waals surface area contributed by atoms with Crippen molar-refractivity contribution in [2.75, 3.05) is 27.2 Å². The first-order valence-corrected chi connectivity index (χ1v) is 7.31. The van der Waals surface area contributed by atoms with Crippen molar-refractivity contribution in [2.24, 2.45) is 0 Å². The minimum Gasteiger partial charge on any atom is -0.480 e. The molecule has 3 atom stereocenters. The van der Waals surface area contributed by atoms with E-state index in [-0.39, 0.29) is 0 Å². The number of nitrogens with zero attached hydrogens (tertiary/aromatic N) is 1. The van der Waals surface area contributed by atoms with Crippen molar-refractivity contribution < 1.29 is 14.6 Å². The summed E-state index contributed by atoms with van der Waals surface area (Å²) in [4.78, 5) is 13.8. The summed E-state index contributed by atoms with van der Waals surface area (Å²) in [5, 5.41) is 12.5. The number of ether oxygens (including phenoxy) is 1. The van der Waals surface area contributed by atoms with Gasteiger partial charge in [0.15, 0.2) is 0 Å². The van der Waals surface area contributed by atoms with E-state index in [4.69, 9.17) is 4.74 Å². The number of likely N-dealkylation sites (N-methyl/N-ethyl adjacent to an activating group) is 2. The molecule has 5 nitrogen and oxygen atoms in total. The maximum atomic E-state index is 11.5. The molecule has 2 rings (SSSR count). The zero-order chi connectivity index (χ0) is 13.9. The Balaban J connectivity index is 1.93. The van der Waals surface area contributed by atoms with Crippen LogP contribution in [0.5, 0.6) is 0 Å². The van der Waals surface area contributed by atoms with Gasteiger partial charge in [-0.25, -0.2) is 0 Å². The Morgan fingerprint density at radius 1 is 1.47 bits per heavy atom. The summed E-state index contributed by atoms with van der Waals surface area (Å²) in [7, 11) is 3.86. The number of hydrogen-bond acceptors (Lipinski definition) is 4. The van der Waals surface area contributed by atoms with Crippen LogP contribution in [-0.4, -0.2) is 60.9 Å². The Kier molecular flexibility index (Phi) is 4.81. The Bertz CT molecular complexity index is 318. The van der Waals surface area contributed by atoms with Gasteiger partial charge in [0.05, 0.1) is 6.10 Å². The largest absolute Gasteiger partial charge is 0.480 e. The standard InChI is InChI=1S/C14H26N2O3/c1-15-14(13(17)18)7-3-5-11(9-14)16(2)10-12-6-4-8-19-12/h11-12,15H,3-10H2,1-2H3,(H,17,18). The van der Waals surface area contributed by atoms with Gasteiger partial charge in [-0.15, -0.1) is 0 Å². The van der Waals surface area contributed by atoms with Crippen LogP contribution in [0.4, 0.5) is 0 Å². The number of carboxylic acid groups (broad SMARTS) is 1. The van der Waals surface area contributed by atoms with Crippen molar-refractivity contribution in [1.82, 2.24) is 10.2 Å². The van der Waals surface area contributed by atoms with Crippen LogP contribution in [-0.2, 0) is 9.53 Å². The molecule has 19 heavy (non-hydrogen) atoms. The SMILES string of the molecule is CNC1(C(=O)O)CCCC(N(C)CC2CCCO2)C1. The lowest BCUT2D eigenvalue weighted by Crippen LogP contribution is -2.57. The molecule has 3 unspecified atom stereocenters. The van der Waals surface area contributed by atoms with Gasteiger partial charge in [-0.05, 0) is 52.6 Å². The van der Waals surface area contributed by atoms with E-state index in [9.17, 15) is 9.90 Å². The maximum Gasteiger partial charge on any atom is 0.323 e. The van der Waals surface area contributed by atoms with Crippen LogP contribution in [0.1, 0.15) is 38.5 Å². The monoisotopic (exact) mass is 270 g/mol. The highest BCUT2D eigenvalue weighted by atomic mass is 16.5. The third-order valence-corrected chi connectivity index (χ3v) is 4.75. The van der Waals surface area contributed by atoms with E-state index in [1.807, 2.05) is 0 Å². The van der Waals surface area contributed by atoms with E-state index >= 15 is 0 Å². The second kappa shape index (κ2) is 6.20. The molecule has 0 aromatic carbocycles. The van der Waals surface area contributed by atoms with E-state index in [1.165, 1.54) is 0 Å². The van der Waals surface area contributed by atoms with Crippen molar-refractivity contribution in [3.8, 4) is 0 Å². The normalized spacial score (nSPS) is 35.7. The summed E-state index contributed by atoms with van der Waals surface area (Å²) >= 11 is 0. The molecule has 2 fully saturated rings. The third kappa shape index (κ3) is 3.27. The molecule has 1 heterocycles. The van der Waals surface area contributed by atoms with E-state index in [0.717, 1.165) is 45.3 Å². The van der Waals surface area contributed by atoms with Crippen LogP contribution in [0.15, 0.2) is 0 Å². The van der Waals surface area contributed by atoms with Crippen molar-refractivity contribution in [2.45, 2.75) is 56.2 Å². The van der Waals surface area contributed by atoms with Gasteiger partial charge >= 0.3 is 5.97 Å². The fraction of sp³-hybridized carbons (Fsp3) is 0.929. The zero-order valence-electron chi connectivity index (χ0n) is 12.0. The summed E-state index contributed by atoms with van der Waals surface area (Å²) in [6, 6.07) is 0.335. The van der Waals surface area contributed by atoms with Gasteiger partial charge in [-0.1, -0.05) is 0 Å². The second-order valence-corrected chi connectivity index (χ2v) is 5.96. The number of nitrogens with one attached hydrogen (secondary N) is 1. The number of carbonyl (C=O) groups is 1. The molecule has 0 amide bonds. The Morgan fingerprint density at radius 3 is 2.84 bits per heavy atom. The van der Waals surface area contributed by atoms with E-state index in [2.05, 4.69) is 17.3 Å². The quantitative estimate of drug-likeness (QED) is 0.783. The summed E-state index contributed by atoms with van der Waals surface area (Å²) in [5.74, 6) is -0.717. The average Bonchev–Trinajstić information content (AvgIpc) is 2.91. The van der Waals surface area contributed by atoms with Gasteiger partial charge in [0, 0.05) is 19.2 Å². The Hall–Kier alpha value is -0.650. The molecule has 0 aromatic heterocycles. The van der Waals surface area contributed by atoms with Crippen molar-refractivity contribution in [1.29, 1.82) is 0 Å². The fourth-order valence-electron chi connectivity index (χ4n) is 3.41. The predicted octanol–water partition coefficient (Wildman–Crippen LogP) is 1.08. The molecule has 1 aliphatic carbocycles. The summed E-state index contributed by atoms with van der Waals surface area (Å²) in [6.07, 6.45) is 6.07. The topological polar surface area (TPSA) is 61.8 Å². The Morgan fingerprint density at radius 2 is 2.26 bits per heavy atom. The highest BCUT2D eigenvalue weighted by molar-refractivity contribution is 5.79. The predicted molar refractivity (Wildman–Crippen MR) is 73.3 cm³/mol. The maximum absolute atomic E-state index is 11.5. The van der Waals surface area contributed by atoms with Crippen molar-refractivity contribution >= 4 is 5.97 Å². The van der Waals surface area contributed by atoms with E-state index < -0.39 is 11.5 Å². The molecule has 0 aromatic rings. The lowest BCUT2D eigenvalue weighted by Gasteiger charge is -2.41. The first-order chi connectivity index (χ1) is 9.07. The van der Waals surface area contributed by atoms with E-state index in [0.29, 0.717) is 18.6 Å². The lowest BCUT2D eigenvalue weighted by molar-refractivity contribution is -0.147. The first kappa shape index (κ1) is 14.8. The van der Waals surface area contributed by atoms with Gasteiger partial charge in [0.25, 0.3) is 0 Å². The number of rotatable bonds is 5. The van der Waals surface area contributed by atoms with E-state index in [1.54, 1.807) is 7.05 Å². The third-order valence-electron chi connectivity index (χ3n) is 4.75. The zero-order valence-corrected chi connectivity index (χ0v) is 12.0. The minimum absolute atomic E-state index is 0.334. The van der Waals surface area contributed by atoms with Crippen LogP contribution in [0, 0.1) is 0 Å².